The topological polar surface area (TPSA) is 53.1 Å². The van der Waals surface area contributed by atoms with Crippen molar-refractivity contribution in [2.75, 3.05) is 6.61 Å². The predicted octanol–water partition coefficient (Wildman–Crippen LogP) is 2.57. The van der Waals surface area contributed by atoms with Gasteiger partial charge < -0.3 is 10.5 Å². The number of hydrogen-bond acceptors (Lipinski definition) is 3. The summed E-state index contributed by atoms with van der Waals surface area (Å²) in [6.45, 7) is 2.88. The van der Waals surface area contributed by atoms with Crippen molar-refractivity contribution >= 4 is 0 Å². The van der Waals surface area contributed by atoms with Crippen LogP contribution in [0.3, 0.4) is 0 Å². The third kappa shape index (κ3) is 2.19. The Morgan fingerprint density at radius 1 is 1.50 bits per heavy atom. The summed E-state index contributed by atoms with van der Waals surface area (Å²) < 4.78 is 8.18. The second-order valence-corrected chi connectivity index (χ2v) is 5.93. The van der Waals surface area contributed by atoms with Gasteiger partial charge in [-0.05, 0) is 32.6 Å². The maximum absolute atomic E-state index is 6.07. The summed E-state index contributed by atoms with van der Waals surface area (Å²) in [7, 11) is 0. The van der Waals surface area contributed by atoms with Crippen LogP contribution in [0, 0.1) is 0 Å². The van der Waals surface area contributed by atoms with Crippen LogP contribution in [0.1, 0.15) is 63.1 Å². The van der Waals surface area contributed by atoms with Crippen LogP contribution in [-0.2, 0) is 4.74 Å². The van der Waals surface area contributed by atoms with Crippen molar-refractivity contribution in [1.82, 2.24) is 9.78 Å². The van der Waals surface area contributed by atoms with E-state index in [1.54, 1.807) is 0 Å². The van der Waals surface area contributed by atoms with Gasteiger partial charge in [-0.15, -0.1) is 0 Å². The molecule has 2 atom stereocenters. The number of ether oxygens (including phenoxy) is 1. The zero-order valence-electron chi connectivity index (χ0n) is 11.1. The average molecular weight is 249 g/mol. The molecule has 1 spiro atoms. The first-order valence-corrected chi connectivity index (χ1v) is 7.12. The monoisotopic (exact) mass is 249 g/mol. The molecule has 100 valence electrons. The van der Waals surface area contributed by atoms with Crippen LogP contribution in [0.5, 0.6) is 0 Å². The summed E-state index contributed by atoms with van der Waals surface area (Å²) in [4.78, 5) is 0. The van der Waals surface area contributed by atoms with E-state index in [-0.39, 0.29) is 11.6 Å². The zero-order valence-corrected chi connectivity index (χ0v) is 11.1. The van der Waals surface area contributed by atoms with Gasteiger partial charge in [0.15, 0.2) is 0 Å². The first-order chi connectivity index (χ1) is 8.69. The van der Waals surface area contributed by atoms with E-state index in [4.69, 9.17) is 10.5 Å². The molecule has 2 aliphatic rings. The molecule has 18 heavy (non-hydrogen) atoms. The Balaban J connectivity index is 1.75. The first-order valence-electron chi connectivity index (χ1n) is 7.12. The largest absolute Gasteiger partial charge is 0.375 e. The minimum Gasteiger partial charge on any atom is -0.375 e. The lowest BCUT2D eigenvalue weighted by Crippen LogP contribution is -2.38. The number of rotatable bonds is 2. The normalized spacial score (nSPS) is 28.7. The van der Waals surface area contributed by atoms with Gasteiger partial charge in [0.2, 0.25) is 0 Å². The van der Waals surface area contributed by atoms with E-state index in [0.717, 1.165) is 25.0 Å². The Bertz CT molecular complexity index is 407. The molecule has 2 N–H and O–H groups in total. The Kier molecular flexibility index (Phi) is 3.16. The molecule has 1 aliphatic heterocycles. The fourth-order valence-electron chi connectivity index (χ4n) is 3.38. The Morgan fingerprint density at radius 2 is 2.28 bits per heavy atom. The molecule has 4 nitrogen and oxygen atoms in total. The molecule has 4 heteroatoms. The maximum atomic E-state index is 6.07. The van der Waals surface area contributed by atoms with Crippen LogP contribution in [-0.4, -0.2) is 22.0 Å². The van der Waals surface area contributed by atoms with Gasteiger partial charge in [0.1, 0.15) is 0 Å². The van der Waals surface area contributed by atoms with Gasteiger partial charge in [0.25, 0.3) is 0 Å². The van der Waals surface area contributed by atoms with E-state index >= 15 is 0 Å². The van der Waals surface area contributed by atoms with Crippen LogP contribution in [0.4, 0.5) is 0 Å². The molecule has 1 unspecified atom stereocenters. The van der Waals surface area contributed by atoms with Gasteiger partial charge >= 0.3 is 0 Å². The summed E-state index contributed by atoms with van der Waals surface area (Å²) in [5.74, 6) is 0. The van der Waals surface area contributed by atoms with Gasteiger partial charge in [-0.1, -0.05) is 12.8 Å². The van der Waals surface area contributed by atoms with Crippen molar-refractivity contribution in [1.29, 1.82) is 0 Å². The standard InChI is InChI=1S/C14H23N3O/c1-11(15)12-9-16-17(10-12)13-4-7-18-14(8-13)5-2-3-6-14/h9-11,13H,2-8,15H2,1H3/t11-,13?/m0/s1. The first kappa shape index (κ1) is 12.2. The Hall–Kier alpha value is -0.870. The molecule has 1 aromatic heterocycles. The smallest absolute Gasteiger partial charge is 0.0703 e. The van der Waals surface area contributed by atoms with Gasteiger partial charge in [0, 0.05) is 24.4 Å². The fourth-order valence-corrected chi connectivity index (χ4v) is 3.38. The molecule has 0 bridgehead atoms. The van der Waals surface area contributed by atoms with Crippen molar-refractivity contribution in [3.05, 3.63) is 18.0 Å². The van der Waals surface area contributed by atoms with Crippen LogP contribution in [0.2, 0.25) is 0 Å². The van der Waals surface area contributed by atoms with Crippen molar-refractivity contribution < 1.29 is 4.74 Å². The molecule has 0 radical (unpaired) electrons. The molecule has 3 rings (SSSR count). The summed E-state index contributed by atoms with van der Waals surface area (Å²) in [6, 6.07) is 0.559. The van der Waals surface area contributed by atoms with E-state index in [2.05, 4.69) is 16.0 Å². The number of nitrogens with zero attached hydrogens (tertiary/aromatic N) is 2. The van der Waals surface area contributed by atoms with Crippen LogP contribution in [0.25, 0.3) is 0 Å². The molecule has 2 fully saturated rings. The minimum atomic E-state index is 0.0685. The highest BCUT2D eigenvalue weighted by Crippen LogP contribution is 2.43. The molecule has 2 heterocycles. The molecule has 1 aromatic rings. The van der Waals surface area contributed by atoms with E-state index in [1.165, 1.54) is 25.7 Å². The van der Waals surface area contributed by atoms with Crippen molar-refractivity contribution in [3.63, 3.8) is 0 Å². The van der Waals surface area contributed by atoms with Crippen LogP contribution < -0.4 is 5.73 Å². The Morgan fingerprint density at radius 3 is 2.94 bits per heavy atom. The summed E-state index contributed by atoms with van der Waals surface area (Å²) in [5, 5.41) is 4.50. The van der Waals surface area contributed by atoms with Gasteiger partial charge in [-0.25, -0.2) is 0 Å². The quantitative estimate of drug-likeness (QED) is 0.876. The van der Waals surface area contributed by atoms with Crippen molar-refractivity contribution in [2.24, 2.45) is 5.73 Å². The average Bonchev–Trinajstić information content (AvgIpc) is 2.98. The third-order valence-corrected chi connectivity index (χ3v) is 4.50. The molecular weight excluding hydrogens is 226 g/mol. The van der Waals surface area contributed by atoms with Crippen molar-refractivity contribution in [2.45, 2.75) is 63.1 Å². The SMILES string of the molecule is C[C@H](N)c1cnn(C2CCOC3(CCCC3)C2)c1. The predicted molar refractivity (Wildman–Crippen MR) is 70.3 cm³/mol. The number of nitrogens with two attached hydrogens (primary N) is 1. The van der Waals surface area contributed by atoms with E-state index in [1.807, 2.05) is 13.1 Å². The zero-order chi connectivity index (χ0) is 12.6. The summed E-state index contributed by atoms with van der Waals surface area (Å²) in [5.41, 5.74) is 7.18. The molecule has 1 saturated heterocycles. The lowest BCUT2D eigenvalue weighted by Gasteiger charge is -2.38. The number of hydrogen-bond donors (Lipinski definition) is 1. The number of aromatic nitrogens is 2. The molecule has 1 saturated carbocycles. The fraction of sp³-hybridized carbons (Fsp3) is 0.786. The summed E-state index contributed by atoms with van der Waals surface area (Å²) in [6.07, 6.45) is 11.3. The molecule has 1 aliphatic carbocycles. The molecule has 0 aromatic carbocycles. The van der Waals surface area contributed by atoms with E-state index < -0.39 is 0 Å². The molecule has 0 amide bonds. The highest BCUT2D eigenvalue weighted by atomic mass is 16.5. The van der Waals surface area contributed by atoms with E-state index in [0.29, 0.717) is 6.04 Å². The van der Waals surface area contributed by atoms with E-state index in [9.17, 15) is 0 Å². The van der Waals surface area contributed by atoms with Crippen LogP contribution >= 0.6 is 0 Å². The third-order valence-electron chi connectivity index (χ3n) is 4.50. The van der Waals surface area contributed by atoms with Gasteiger partial charge in [0.05, 0.1) is 17.8 Å². The lowest BCUT2D eigenvalue weighted by atomic mass is 9.89. The second-order valence-electron chi connectivity index (χ2n) is 5.93. The summed E-state index contributed by atoms with van der Waals surface area (Å²) >= 11 is 0. The minimum absolute atomic E-state index is 0.0685. The Labute approximate surface area is 108 Å². The van der Waals surface area contributed by atoms with Gasteiger partial charge in [-0.2, -0.15) is 5.10 Å². The molecular formula is C14H23N3O. The lowest BCUT2D eigenvalue weighted by molar-refractivity contribution is -0.0910. The van der Waals surface area contributed by atoms with Crippen LogP contribution in [0.15, 0.2) is 12.4 Å². The van der Waals surface area contributed by atoms with Crippen molar-refractivity contribution in [3.8, 4) is 0 Å². The maximum Gasteiger partial charge on any atom is 0.0703 e. The highest BCUT2D eigenvalue weighted by molar-refractivity contribution is 5.09. The second kappa shape index (κ2) is 4.67. The van der Waals surface area contributed by atoms with Gasteiger partial charge in [-0.3, -0.25) is 4.68 Å². The highest BCUT2D eigenvalue weighted by Gasteiger charge is 2.40.